The zero-order valence-corrected chi connectivity index (χ0v) is 20.8. The summed E-state index contributed by atoms with van der Waals surface area (Å²) in [6, 6.07) is 16.4. The van der Waals surface area contributed by atoms with Gasteiger partial charge in [-0.2, -0.15) is 0 Å². The first-order valence-corrected chi connectivity index (χ1v) is 12.7. The molecule has 0 aliphatic heterocycles. The van der Waals surface area contributed by atoms with Gasteiger partial charge in [-0.15, -0.1) is 0 Å². The van der Waals surface area contributed by atoms with Gasteiger partial charge in [0.2, 0.25) is 5.95 Å². The summed E-state index contributed by atoms with van der Waals surface area (Å²) in [6.45, 7) is 4.09. The predicted octanol–water partition coefficient (Wildman–Crippen LogP) is 6.52. The van der Waals surface area contributed by atoms with Crippen LogP contribution in [0, 0.1) is 0 Å². The Morgan fingerprint density at radius 2 is 1.94 bits per heavy atom. The fourth-order valence-electron chi connectivity index (χ4n) is 4.77. The van der Waals surface area contributed by atoms with E-state index >= 15 is 0 Å². The van der Waals surface area contributed by atoms with Crippen molar-refractivity contribution in [2.24, 2.45) is 0 Å². The number of H-pyrrole nitrogens is 1. The van der Waals surface area contributed by atoms with Crippen molar-refractivity contribution in [3.8, 4) is 11.3 Å². The fourth-order valence-corrected chi connectivity index (χ4v) is 4.96. The Bertz CT molecular complexity index is 1370. The van der Waals surface area contributed by atoms with Crippen LogP contribution in [0.3, 0.4) is 0 Å². The van der Waals surface area contributed by atoms with Gasteiger partial charge in [0.1, 0.15) is 0 Å². The van der Waals surface area contributed by atoms with Gasteiger partial charge in [0, 0.05) is 35.1 Å². The van der Waals surface area contributed by atoms with Crippen LogP contribution in [0.2, 0.25) is 5.02 Å². The minimum Gasteiger partial charge on any atom is -0.374 e. The second-order valence-electron chi connectivity index (χ2n) is 9.23. The highest BCUT2D eigenvalue weighted by Gasteiger charge is 2.23. The van der Waals surface area contributed by atoms with Crippen molar-refractivity contribution in [3.05, 3.63) is 89.7 Å². The number of nitrogens with one attached hydrogen (secondary N) is 2. The minimum atomic E-state index is 0.0251. The maximum atomic E-state index is 11.6. The Morgan fingerprint density at radius 3 is 2.78 bits per heavy atom. The molecule has 0 spiro atoms. The van der Waals surface area contributed by atoms with E-state index in [9.17, 15) is 4.79 Å². The van der Waals surface area contributed by atoms with Crippen LogP contribution in [0.15, 0.2) is 73.6 Å². The highest BCUT2D eigenvalue weighted by molar-refractivity contribution is 6.33. The molecule has 2 aromatic heterocycles. The van der Waals surface area contributed by atoms with Gasteiger partial charge in [-0.1, -0.05) is 60.6 Å². The van der Waals surface area contributed by atoms with Gasteiger partial charge in [-0.05, 0) is 49.0 Å². The molecule has 0 unspecified atom stereocenters. The Balaban J connectivity index is 1.16. The van der Waals surface area contributed by atoms with Gasteiger partial charge in [-0.3, -0.25) is 4.79 Å². The largest absolute Gasteiger partial charge is 0.374 e. The van der Waals surface area contributed by atoms with Gasteiger partial charge in [0.05, 0.1) is 29.6 Å². The van der Waals surface area contributed by atoms with E-state index in [4.69, 9.17) is 21.3 Å². The maximum Gasteiger partial charge on any atom is 0.223 e. The molecule has 1 aliphatic carbocycles. The first-order valence-electron chi connectivity index (χ1n) is 12.3. The number of allylic oxidation sites excluding steroid dienone is 1. The monoisotopic (exact) mass is 500 g/mol. The van der Waals surface area contributed by atoms with E-state index in [2.05, 4.69) is 27.9 Å². The zero-order valence-electron chi connectivity index (χ0n) is 20.0. The molecular weight excluding hydrogens is 472 g/mol. The number of hydrogen-bond donors (Lipinski definition) is 2. The average molecular weight is 501 g/mol. The predicted molar refractivity (Wildman–Crippen MR) is 144 cm³/mol. The lowest BCUT2D eigenvalue weighted by Gasteiger charge is -2.29. The number of carbonyl (C=O) groups excluding carboxylic acids is 1. The molecule has 0 radical (unpaired) electrons. The Hall–Kier alpha value is -3.48. The van der Waals surface area contributed by atoms with E-state index in [1.807, 2.05) is 48.7 Å². The van der Waals surface area contributed by atoms with Gasteiger partial charge in [-0.25, -0.2) is 9.97 Å². The molecule has 4 aromatic rings. The van der Waals surface area contributed by atoms with Crippen LogP contribution in [0.4, 0.5) is 5.95 Å². The van der Waals surface area contributed by atoms with E-state index in [0.29, 0.717) is 24.0 Å². The van der Waals surface area contributed by atoms with Gasteiger partial charge in [0.15, 0.2) is 5.78 Å². The van der Waals surface area contributed by atoms with E-state index in [1.54, 1.807) is 6.20 Å². The summed E-state index contributed by atoms with van der Waals surface area (Å²) in [5.74, 6) is 0.618. The molecule has 2 aromatic carbocycles. The van der Waals surface area contributed by atoms with Crippen molar-refractivity contribution < 1.29 is 9.53 Å². The summed E-state index contributed by atoms with van der Waals surface area (Å²) in [5, 5.41) is 5.11. The number of nitrogens with zero attached hydrogens (tertiary/aromatic N) is 2. The smallest absolute Gasteiger partial charge is 0.223 e. The topological polar surface area (TPSA) is 79.9 Å². The quantitative estimate of drug-likeness (QED) is 0.256. The SMILES string of the molecule is C=CC(=O)Cc1cccc(COC2CCC(Nc3ncc(Cl)c(-c4c[nH]c5ccccc45)n3)CC2)c1. The van der Waals surface area contributed by atoms with Gasteiger partial charge in [0.25, 0.3) is 0 Å². The van der Waals surface area contributed by atoms with Crippen molar-refractivity contribution >= 4 is 34.2 Å². The van der Waals surface area contributed by atoms with Crippen LogP contribution < -0.4 is 5.32 Å². The number of para-hydroxylation sites is 1. The molecular formula is C29H29ClN4O2. The third-order valence-electron chi connectivity index (χ3n) is 6.68. The second-order valence-corrected chi connectivity index (χ2v) is 9.64. The number of carbonyl (C=O) groups is 1. The molecule has 1 fully saturated rings. The molecule has 0 bridgehead atoms. The summed E-state index contributed by atoms with van der Waals surface area (Å²) in [7, 11) is 0. The van der Waals surface area contributed by atoms with E-state index in [-0.39, 0.29) is 17.9 Å². The number of anilines is 1. The number of fused-ring (bicyclic) bond motifs is 1. The van der Waals surface area contributed by atoms with Crippen LogP contribution in [0.5, 0.6) is 0 Å². The number of ether oxygens (including phenoxy) is 1. The molecule has 1 aliphatic rings. The first kappa shape index (κ1) is 24.2. The number of ketones is 1. The molecule has 7 heteroatoms. The molecule has 2 N–H and O–H groups in total. The molecule has 2 heterocycles. The lowest BCUT2D eigenvalue weighted by molar-refractivity contribution is -0.114. The number of benzene rings is 2. The second kappa shape index (κ2) is 11.1. The third-order valence-corrected chi connectivity index (χ3v) is 6.96. The summed E-state index contributed by atoms with van der Waals surface area (Å²) in [5.41, 5.74) is 4.82. The number of rotatable bonds is 9. The Morgan fingerprint density at radius 1 is 1.14 bits per heavy atom. The van der Waals surface area contributed by atoms with Crippen LogP contribution in [0.1, 0.15) is 36.8 Å². The Labute approximate surface area is 215 Å². The lowest BCUT2D eigenvalue weighted by atomic mass is 9.93. The molecule has 1 saturated carbocycles. The van der Waals surface area contributed by atoms with Crippen molar-refractivity contribution in [2.45, 2.75) is 50.9 Å². The number of aromatic amines is 1. The number of halogens is 1. The normalized spacial score (nSPS) is 17.7. The average Bonchev–Trinajstić information content (AvgIpc) is 3.33. The van der Waals surface area contributed by atoms with Crippen molar-refractivity contribution in [1.29, 1.82) is 0 Å². The van der Waals surface area contributed by atoms with Gasteiger partial charge < -0.3 is 15.0 Å². The van der Waals surface area contributed by atoms with Crippen molar-refractivity contribution in [1.82, 2.24) is 15.0 Å². The lowest BCUT2D eigenvalue weighted by Crippen LogP contribution is -2.30. The van der Waals surface area contributed by atoms with Gasteiger partial charge >= 0.3 is 0 Å². The molecule has 184 valence electrons. The molecule has 6 nitrogen and oxygen atoms in total. The minimum absolute atomic E-state index is 0.0251. The number of aromatic nitrogens is 3. The highest BCUT2D eigenvalue weighted by atomic mass is 35.5. The van der Waals surface area contributed by atoms with Crippen molar-refractivity contribution in [3.63, 3.8) is 0 Å². The van der Waals surface area contributed by atoms with E-state index in [1.165, 1.54) is 6.08 Å². The first-order chi connectivity index (χ1) is 17.6. The standard InChI is InChI=1S/C29H29ClN4O2/c1-2-22(35)15-19-6-5-7-20(14-19)18-36-23-12-10-21(11-13-23)33-29-32-17-26(30)28(34-29)25-16-31-27-9-4-3-8-24(25)27/h2-9,14,16-17,21,23,31H,1,10-13,15,18H2,(H,32,33,34). The molecule has 0 saturated heterocycles. The summed E-state index contributed by atoms with van der Waals surface area (Å²) < 4.78 is 6.19. The molecule has 36 heavy (non-hydrogen) atoms. The highest BCUT2D eigenvalue weighted by Crippen LogP contribution is 2.33. The molecule has 5 rings (SSSR count). The van der Waals surface area contributed by atoms with Crippen molar-refractivity contribution in [2.75, 3.05) is 5.32 Å². The van der Waals surface area contributed by atoms with Crippen LogP contribution in [0.25, 0.3) is 22.2 Å². The Kier molecular flexibility index (Phi) is 7.44. The third kappa shape index (κ3) is 5.66. The van der Waals surface area contributed by atoms with E-state index in [0.717, 1.165) is 59.0 Å². The summed E-state index contributed by atoms with van der Waals surface area (Å²) in [4.78, 5) is 24.1. The van der Waals surface area contributed by atoms with Crippen LogP contribution in [-0.2, 0) is 22.6 Å². The van der Waals surface area contributed by atoms with E-state index < -0.39 is 0 Å². The van der Waals surface area contributed by atoms with Crippen LogP contribution in [-0.4, -0.2) is 32.9 Å². The zero-order chi connectivity index (χ0) is 24.9. The maximum absolute atomic E-state index is 11.6. The molecule has 0 atom stereocenters. The summed E-state index contributed by atoms with van der Waals surface area (Å²) >= 11 is 6.47. The fraction of sp³-hybridized carbons (Fsp3) is 0.276. The van der Waals surface area contributed by atoms with Crippen LogP contribution >= 0.6 is 11.6 Å². The summed E-state index contributed by atoms with van der Waals surface area (Å²) in [6.07, 6.45) is 9.47. The number of hydrogen-bond acceptors (Lipinski definition) is 5. The molecule has 0 amide bonds.